The highest BCUT2D eigenvalue weighted by Crippen LogP contribution is 2.33. The number of halogens is 3. The van der Waals surface area contributed by atoms with E-state index in [1.807, 2.05) is 0 Å². The third kappa shape index (κ3) is 3.62. The molecule has 2 aromatic rings. The first-order valence-electron chi connectivity index (χ1n) is 8.25. The highest BCUT2D eigenvalue weighted by Gasteiger charge is 2.41. The van der Waals surface area contributed by atoms with Gasteiger partial charge in [-0.3, -0.25) is 9.78 Å². The highest BCUT2D eigenvalue weighted by molar-refractivity contribution is 7.90. The summed E-state index contributed by atoms with van der Waals surface area (Å²) in [6.07, 6.45) is 2.35. The molecule has 0 fully saturated rings. The van der Waals surface area contributed by atoms with Crippen molar-refractivity contribution >= 4 is 27.6 Å². The predicted molar refractivity (Wildman–Crippen MR) is 94.8 cm³/mol. The molecule has 0 saturated carbocycles. The van der Waals surface area contributed by atoms with Crippen LogP contribution in [0, 0.1) is 24.4 Å². The van der Waals surface area contributed by atoms with Crippen molar-refractivity contribution < 1.29 is 31.2 Å². The summed E-state index contributed by atoms with van der Waals surface area (Å²) in [7, 11) is -4.84. The summed E-state index contributed by atoms with van der Waals surface area (Å²) in [5, 5.41) is 4.47. The Balaban J connectivity index is 1.85. The van der Waals surface area contributed by atoms with E-state index in [0.29, 0.717) is 11.6 Å². The molecule has 12 heteroatoms. The second-order valence-corrected chi connectivity index (χ2v) is 8.12. The Bertz CT molecular complexity index is 1100. The van der Waals surface area contributed by atoms with Crippen LogP contribution in [-0.2, 0) is 14.8 Å². The number of pyridine rings is 1. The van der Waals surface area contributed by atoms with Gasteiger partial charge in [-0.25, -0.2) is 30.7 Å². The van der Waals surface area contributed by atoms with E-state index in [0.717, 1.165) is 12.3 Å². The van der Waals surface area contributed by atoms with Gasteiger partial charge in [0.1, 0.15) is 17.3 Å². The molecule has 8 nitrogen and oxygen atoms in total. The molecule has 3 rings (SSSR count). The molecule has 3 amide bonds. The van der Waals surface area contributed by atoms with E-state index in [1.165, 1.54) is 13.1 Å². The molecule has 2 N–H and O–H groups in total. The van der Waals surface area contributed by atoms with Gasteiger partial charge in [0.05, 0.1) is 17.9 Å². The van der Waals surface area contributed by atoms with Crippen molar-refractivity contribution in [3.05, 3.63) is 53.1 Å². The fourth-order valence-electron chi connectivity index (χ4n) is 3.02. The first-order valence-corrected chi connectivity index (χ1v) is 9.69. The molecule has 0 bridgehead atoms. The molecule has 0 aliphatic carbocycles. The molecule has 1 aliphatic heterocycles. The quantitative estimate of drug-likeness (QED) is 0.776. The minimum Gasteiger partial charge on any atom is -0.348 e. The van der Waals surface area contributed by atoms with Crippen LogP contribution in [0.15, 0.2) is 29.4 Å². The van der Waals surface area contributed by atoms with Crippen LogP contribution in [0.2, 0.25) is 0 Å². The van der Waals surface area contributed by atoms with E-state index in [-0.39, 0.29) is 9.87 Å². The number of hydrogen-bond donors (Lipinski definition) is 2. The van der Waals surface area contributed by atoms with Crippen LogP contribution in [0.4, 0.5) is 23.7 Å². The number of amides is 3. The van der Waals surface area contributed by atoms with Crippen LogP contribution < -0.4 is 10.6 Å². The maximum atomic E-state index is 14.1. The average Bonchev–Trinajstić information content (AvgIpc) is 2.61. The monoisotopic (exact) mass is 428 g/mol. The van der Waals surface area contributed by atoms with Gasteiger partial charge in [0.2, 0.25) is 5.91 Å². The Kier molecular flexibility index (Phi) is 5.22. The fourth-order valence-corrected chi connectivity index (χ4v) is 4.51. The Labute approximate surface area is 163 Å². The summed E-state index contributed by atoms with van der Waals surface area (Å²) >= 11 is 0. The number of fused-ring (bicyclic) bond motifs is 1. The van der Waals surface area contributed by atoms with E-state index in [9.17, 15) is 31.2 Å². The third-order valence-electron chi connectivity index (χ3n) is 4.30. The number of carbonyl (C=O) groups is 2. The maximum Gasteiger partial charge on any atom is 0.336 e. The van der Waals surface area contributed by atoms with Crippen LogP contribution in [-0.4, -0.2) is 36.2 Å². The molecule has 1 aromatic heterocycles. The van der Waals surface area contributed by atoms with Gasteiger partial charge in [0.15, 0.2) is 11.6 Å². The number of hydrogen-bond acceptors (Lipinski definition) is 5. The number of carbonyl (C=O) groups excluding carboxylic acids is 2. The van der Waals surface area contributed by atoms with Crippen molar-refractivity contribution in [1.82, 2.24) is 14.6 Å². The van der Waals surface area contributed by atoms with E-state index in [4.69, 9.17) is 0 Å². The van der Waals surface area contributed by atoms with Crippen molar-refractivity contribution in [3.63, 3.8) is 0 Å². The van der Waals surface area contributed by atoms with Gasteiger partial charge >= 0.3 is 6.03 Å². The van der Waals surface area contributed by atoms with Crippen molar-refractivity contribution in [2.75, 3.05) is 11.9 Å². The molecule has 1 aliphatic rings. The zero-order chi connectivity index (χ0) is 21.5. The zero-order valence-electron chi connectivity index (χ0n) is 15.2. The van der Waals surface area contributed by atoms with Crippen molar-refractivity contribution in [3.8, 4) is 0 Å². The lowest BCUT2D eigenvalue weighted by atomic mass is 10.0. The van der Waals surface area contributed by atoms with Crippen molar-refractivity contribution in [2.45, 2.75) is 24.8 Å². The molecule has 1 atom stereocenters. The maximum absolute atomic E-state index is 14.1. The molecule has 0 saturated heterocycles. The normalized spacial score (nSPS) is 16.0. The summed E-state index contributed by atoms with van der Waals surface area (Å²) in [5.41, 5.74) is 0.152. The van der Waals surface area contributed by atoms with Crippen molar-refractivity contribution in [2.24, 2.45) is 0 Å². The van der Waals surface area contributed by atoms with Gasteiger partial charge in [-0.1, -0.05) is 0 Å². The van der Waals surface area contributed by atoms with E-state index in [1.54, 1.807) is 6.92 Å². The Morgan fingerprint density at radius 3 is 2.59 bits per heavy atom. The Morgan fingerprint density at radius 2 is 1.93 bits per heavy atom. The lowest BCUT2D eigenvalue weighted by molar-refractivity contribution is -0.121. The third-order valence-corrected chi connectivity index (χ3v) is 6.09. The minimum atomic E-state index is -4.84. The zero-order valence-corrected chi connectivity index (χ0v) is 16.0. The number of nitrogens with zero attached hydrogens (tertiary/aromatic N) is 2. The minimum absolute atomic E-state index is 0.0790. The number of sulfonamides is 1. The second kappa shape index (κ2) is 7.35. The Hall–Kier alpha value is -3.15. The molecule has 0 unspecified atom stereocenters. The molecule has 2 heterocycles. The molecule has 0 radical (unpaired) electrons. The molecular weight excluding hydrogens is 413 g/mol. The average molecular weight is 428 g/mol. The number of rotatable bonds is 4. The SMILES string of the molecule is Cc1cncc(F)c1[C@H](C)NC(=O)CN1C(=O)Nc2ccc(F)c(F)c2S1(=O)=O. The largest absolute Gasteiger partial charge is 0.348 e. The number of benzene rings is 1. The topological polar surface area (TPSA) is 108 Å². The van der Waals surface area contributed by atoms with E-state index < -0.39 is 62.6 Å². The lowest BCUT2D eigenvalue weighted by Crippen LogP contribution is -2.49. The first kappa shape index (κ1) is 20.6. The van der Waals surface area contributed by atoms with E-state index >= 15 is 0 Å². The van der Waals surface area contributed by atoms with Gasteiger partial charge in [-0.2, -0.15) is 0 Å². The second-order valence-electron chi connectivity index (χ2n) is 6.32. The summed E-state index contributed by atoms with van der Waals surface area (Å²) in [6, 6.07) is -0.516. The number of urea groups is 1. The van der Waals surface area contributed by atoms with Crippen LogP contribution in [0.5, 0.6) is 0 Å². The highest BCUT2D eigenvalue weighted by atomic mass is 32.2. The van der Waals surface area contributed by atoms with Crippen LogP contribution >= 0.6 is 0 Å². The van der Waals surface area contributed by atoms with Gasteiger partial charge in [0, 0.05) is 11.8 Å². The summed E-state index contributed by atoms with van der Waals surface area (Å²) in [6.45, 7) is 2.02. The molecular formula is C17H15F3N4O4S. The van der Waals surface area contributed by atoms with Crippen LogP contribution in [0.1, 0.15) is 24.1 Å². The lowest BCUT2D eigenvalue weighted by Gasteiger charge is -2.29. The van der Waals surface area contributed by atoms with Crippen molar-refractivity contribution in [1.29, 1.82) is 0 Å². The first-order chi connectivity index (χ1) is 13.5. The fraction of sp³-hybridized carbons (Fsp3) is 0.235. The predicted octanol–water partition coefficient (Wildman–Crippen LogP) is 2.22. The number of aromatic nitrogens is 1. The molecule has 29 heavy (non-hydrogen) atoms. The smallest absolute Gasteiger partial charge is 0.336 e. The standard InChI is InChI=1S/C17H15F3N4O4S/c1-8-5-21-6-11(19)14(8)9(2)22-13(25)7-24-17(26)23-12-4-3-10(18)15(20)16(12)29(24,27)28/h3-6,9H,7H2,1-2H3,(H,22,25)(H,23,26)/t9-/m0/s1. The van der Waals surface area contributed by atoms with Gasteiger partial charge in [-0.15, -0.1) is 0 Å². The van der Waals surface area contributed by atoms with Gasteiger partial charge in [-0.05, 0) is 31.5 Å². The van der Waals surface area contributed by atoms with Crippen LogP contribution in [0.25, 0.3) is 0 Å². The summed E-state index contributed by atoms with van der Waals surface area (Å²) < 4.78 is 66.8. The Morgan fingerprint density at radius 1 is 1.24 bits per heavy atom. The summed E-state index contributed by atoms with van der Waals surface area (Å²) in [5.74, 6) is -4.72. The van der Waals surface area contributed by atoms with E-state index in [2.05, 4.69) is 15.6 Å². The molecule has 154 valence electrons. The van der Waals surface area contributed by atoms with Gasteiger partial charge < -0.3 is 10.6 Å². The number of aryl methyl sites for hydroxylation is 1. The summed E-state index contributed by atoms with van der Waals surface area (Å²) in [4.78, 5) is 27.0. The van der Waals surface area contributed by atoms with Crippen LogP contribution in [0.3, 0.4) is 0 Å². The number of nitrogens with one attached hydrogen (secondary N) is 2. The molecule has 1 aromatic carbocycles. The van der Waals surface area contributed by atoms with Gasteiger partial charge in [0.25, 0.3) is 10.0 Å². The molecule has 0 spiro atoms. The number of anilines is 1.